The fraction of sp³-hybridized carbons (Fsp3) is 0.0690. The number of benzene rings is 9. The molecule has 0 radical (unpaired) electrons. The highest BCUT2D eigenvalue weighted by Crippen LogP contribution is 2.51. The van der Waals surface area contributed by atoms with Crippen molar-refractivity contribution in [3.8, 4) is 50.2 Å². The number of hydrogen-bond donors (Lipinski definition) is 0. The molecule has 0 bridgehead atoms. The summed E-state index contributed by atoms with van der Waals surface area (Å²) in [5, 5.41) is 5.15. The summed E-state index contributed by atoms with van der Waals surface area (Å²) in [5.74, 6) is 0.716. The minimum absolute atomic E-state index is 0.335. The summed E-state index contributed by atoms with van der Waals surface area (Å²) in [6.07, 6.45) is 1.01. The Bertz CT molecular complexity index is 3420. The summed E-state index contributed by atoms with van der Waals surface area (Å²) >= 11 is 1.90. The predicted molar refractivity (Wildman–Crippen MR) is 257 cm³/mol. The third kappa shape index (κ3) is 5.52. The van der Waals surface area contributed by atoms with Crippen LogP contribution in [0.1, 0.15) is 35.4 Å². The van der Waals surface area contributed by atoms with Gasteiger partial charge in [0.1, 0.15) is 0 Å². The molecule has 60 heavy (non-hydrogen) atoms. The van der Waals surface area contributed by atoms with Gasteiger partial charge in [0.2, 0.25) is 0 Å². The molecule has 2 atom stereocenters. The van der Waals surface area contributed by atoms with Crippen molar-refractivity contribution < 1.29 is 0 Å². The standard InChI is InChI=1S/C58H41NS/c1-37-44-27-15-28-47(56(44)45-24-9-8-21-42(45)34-50(37)39-19-6-3-7-20-39)48-29-16-31-54-57(48)49-26-10-12-30-53(49)59(54)43-35-51(58-52(36-43)46-25-11-13-32-55(46)60-58)41-23-14-22-40(33-41)38-17-4-2-5-18-38/h2-33,35-37,50H,34H2,1H3. The molecule has 12 rings (SSSR count). The lowest BCUT2D eigenvalue weighted by molar-refractivity contribution is 0.579. The predicted octanol–water partition coefficient (Wildman–Crippen LogP) is 16.3. The molecule has 1 aliphatic carbocycles. The molecule has 11 aromatic rings. The van der Waals surface area contributed by atoms with Gasteiger partial charge < -0.3 is 4.57 Å². The number of aromatic nitrogens is 1. The normalized spacial score (nSPS) is 15.0. The van der Waals surface area contributed by atoms with Gasteiger partial charge in [-0.3, -0.25) is 0 Å². The van der Waals surface area contributed by atoms with E-state index in [9.17, 15) is 0 Å². The second-order valence-corrected chi connectivity index (χ2v) is 17.5. The van der Waals surface area contributed by atoms with Gasteiger partial charge in [0.05, 0.1) is 11.0 Å². The maximum atomic E-state index is 2.52. The molecule has 2 unspecified atom stereocenters. The van der Waals surface area contributed by atoms with E-state index in [4.69, 9.17) is 0 Å². The molecule has 2 aromatic heterocycles. The minimum Gasteiger partial charge on any atom is -0.309 e. The van der Waals surface area contributed by atoms with Crippen LogP contribution < -0.4 is 0 Å². The smallest absolute Gasteiger partial charge is 0.0547 e. The molecular weight excluding hydrogens is 743 g/mol. The molecule has 1 nitrogen and oxygen atoms in total. The van der Waals surface area contributed by atoms with Gasteiger partial charge in [-0.2, -0.15) is 0 Å². The molecular formula is C58H41NS. The van der Waals surface area contributed by atoms with Gasteiger partial charge in [0.25, 0.3) is 0 Å². The molecule has 0 saturated heterocycles. The van der Waals surface area contributed by atoms with Crippen LogP contribution in [-0.4, -0.2) is 4.57 Å². The molecule has 0 aliphatic heterocycles. The topological polar surface area (TPSA) is 4.93 Å². The van der Waals surface area contributed by atoms with Crippen molar-refractivity contribution in [1.82, 2.24) is 4.57 Å². The van der Waals surface area contributed by atoms with E-state index in [-0.39, 0.29) is 0 Å². The first-order chi connectivity index (χ1) is 29.7. The van der Waals surface area contributed by atoms with Gasteiger partial charge in [0.15, 0.2) is 0 Å². The van der Waals surface area contributed by atoms with Crippen LogP contribution in [0, 0.1) is 0 Å². The van der Waals surface area contributed by atoms with Crippen molar-refractivity contribution in [2.24, 2.45) is 0 Å². The van der Waals surface area contributed by atoms with Crippen molar-refractivity contribution in [2.45, 2.75) is 25.2 Å². The van der Waals surface area contributed by atoms with Crippen LogP contribution in [-0.2, 0) is 6.42 Å². The summed E-state index contributed by atoms with van der Waals surface area (Å²) in [5.41, 5.74) is 18.1. The van der Waals surface area contributed by atoms with E-state index in [2.05, 4.69) is 218 Å². The monoisotopic (exact) mass is 783 g/mol. The first kappa shape index (κ1) is 35.0. The quantitative estimate of drug-likeness (QED) is 0.164. The van der Waals surface area contributed by atoms with Crippen molar-refractivity contribution in [3.63, 3.8) is 0 Å². The maximum absolute atomic E-state index is 2.52. The van der Waals surface area contributed by atoms with Gasteiger partial charge in [-0.15, -0.1) is 11.3 Å². The van der Waals surface area contributed by atoms with Gasteiger partial charge in [-0.1, -0.05) is 177 Å². The van der Waals surface area contributed by atoms with Crippen LogP contribution in [0.3, 0.4) is 0 Å². The summed E-state index contributed by atoms with van der Waals surface area (Å²) in [6, 6.07) is 76.9. The van der Waals surface area contributed by atoms with Crippen LogP contribution in [0.4, 0.5) is 0 Å². The lowest BCUT2D eigenvalue weighted by Crippen LogP contribution is -2.10. The lowest BCUT2D eigenvalue weighted by atomic mass is 9.79. The van der Waals surface area contributed by atoms with Crippen molar-refractivity contribution in [2.75, 3.05) is 0 Å². The number of hydrogen-bond acceptors (Lipinski definition) is 1. The number of para-hydroxylation sites is 1. The lowest BCUT2D eigenvalue weighted by Gasteiger charge is -2.24. The maximum Gasteiger partial charge on any atom is 0.0547 e. The van der Waals surface area contributed by atoms with E-state index in [1.165, 1.54) is 109 Å². The Hall–Kier alpha value is -7.00. The van der Waals surface area contributed by atoms with Gasteiger partial charge in [0, 0.05) is 42.2 Å². The van der Waals surface area contributed by atoms with Crippen LogP contribution in [0.2, 0.25) is 0 Å². The average Bonchev–Trinajstić information content (AvgIpc) is 3.83. The zero-order valence-corrected chi connectivity index (χ0v) is 34.2. The molecule has 0 spiro atoms. The van der Waals surface area contributed by atoms with Crippen LogP contribution in [0.5, 0.6) is 0 Å². The highest BCUT2D eigenvalue weighted by atomic mass is 32.1. The minimum atomic E-state index is 0.335. The molecule has 284 valence electrons. The zero-order chi connectivity index (χ0) is 39.7. The summed E-state index contributed by atoms with van der Waals surface area (Å²) in [6.45, 7) is 2.44. The van der Waals surface area contributed by atoms with E-state index in [1.807, 2.05) is 11.3 Å². The third-order valence-electron chi connectivity index (χ3n) is 13.1. The second-order valence-electron chi connectivity index (χ2n) is 16.4. The Morgan fingerprint density at radius 1 is 0.467 bits per heavy atom. The van der Waals surface area contributed by atoms with Crippen LogP contribution in [0.15, 0.2) is 206 Å². The Kier molecular flexibility index (Phi) is 8.21. The van der Waals surface area contributed by atoms with Gasteiger partial charge in [-0.05, 0) is 110 Å². The van der Waals surface area contributed by atoms with E-state index in [1.54, 1.807) is 0 Å². The van der Waals surface area contributed by atoms with E-state index in [0.29, 0.717) is 11.8 Å². The largest absolute Gasteiger partial charge is 0.309 e. The molecule has 0 amide bonds. The highest BCUT2D eigenvalue weighted by Gasteiger charge is 2.31. The second kappa shape index (κ2) is 14.1. The van der Waals surface area contributed by atoms with Crippen LogP contribution in [0.25, 0.3) is 92.2 Å². The van der Waals surface area contributed by atoms with E-state index in [0.717, 1.165) is 6.42 Å². The Morgan fingerprint density at radius 2 is 1.12 bits per heavy atom. The first-order valence-electron chi connectivity index (χ1n) is 21.1. The number of thiophene rings is 1. The number of rotatable bonds is 5. The van der Waals surface area contributed by atoms with Crippen molar-refractivity contribution in [1.29, 1.82) is 0 Å². The fourth-order valence-corrected chi connectivity index (χ4v) is 11.5. The number of nitrogens with zero attached hydrogens (tertiary/aromatic N) is 1. The molecule has 0 N–H and O–H groups in total. The molecule has 2 heteroatoms. The third-order valence-corrected chi connectivity index (χ3v) is 14.4. The molecule has 0 saturated carbocycles. The van der Waals surface area contributed by atoms with E-state index >= 15 is 0 Å². The van der Waals surface area contributed by atoms with E-state index < -0.39 is 0 Å². The zero-order valence-electron chi connectivity index (χ0n) is 33.3. The van der Waals surface area contributed by atoms with Crippen LogP contribution >= 0.6 is 11.3 Å². The Labute approximate surface area is 354 Å². The molecule has 9 aromatic carbocycles. The molecule has 1 aliphatic rings. The average molecular weight is 784 g/mol. The van der Waals surface area contributed by atoms with Crippen molar-refractivity contribution >= 4 is 53.3 Å². The summed E-state index contributed by atoms with van der Waals surface area (Å²) < 4.78 is 5.15. The molecule has 0 fully saturated rings. The summed E-state index contributed by atoms with van der Waals surface area (Å²) in [7, 11) is 0. The van der Waals surface area contributed by atoms with Gasteiger partial charge >= 0.3 is 0 Å². The fourth-order valence-electron chi connectivity index (χ4n) is 10.3. The van der Waals surface area contributed by atoms with Crippen molar-refractivity contribution in [3.05, 3.63) is 223 Å². The Morgan fingerprint density at radius 3 is 2.00 bits per heavy atom. The Balaban J connectivity index is 1.12. The first-order valence-corrected chi connectivity index (χ1v) is 21.9. The summed E-state index contributed by atoms with van der Waals surface area (Å²) in [4.78, 5) is 0. The molecule has 2 heterocycles. The van der Waals surface area contributed by atoms with Gasteiger partial charge in [-0.25, -0.2) is 0 Å². The SMILES string of the molecule is CC1c2cccc(-c3cccc4c3c3ccccc3n4-c3cc(-c4cccc(-c5ccccc5)c4)c4sc5ccccc5c4c3)c2-c2ccccc2CC1c1ccccc1. The number of fused-ring (bicyclic) bond motifs is 9. The highest BCUT2D eigenvalue weighted by molar-refractivity contribution is 7.26.